The molecule has 8 nitrogen and oxygen atoms in total. The Labute approximate surface area is 279 Å². The Morgan fingerprint density at radius 1 is 0.848 bits per heavy atom. The number of aryl methyl sites for hydroxylation is 1. The molecule has 1 amide bonds. The number of carbonyl (C=O) groups is 2. The largest absolute Gasteiger partial charge is 0.459 e. The smallest absolute Gasteiger partial charge is 0.410 e. The van der Waals surface area contributed by atoms with Crippen LogP contribution in [-0.2, 0) is 27.2 Å². The SMILES string of the molecule is CC(C)(C)OC(=O)CN1CCC(c2nn(Cc3ccc(Cl)cc3)c3cc(CCC4CCN(C(=O)OC(C)(C)C)CC4)ccc23)CC1. The maximum Gasteiger partial charge on any atom is 0.410 e. The molecule has 2 fully saturated rings. The molecular formula is C37H51ClN4O4. The number of carbonyl (C=O) groups excluding carboxylic acids is 2. The van der Waals surface area contributed by atoms with Crippen LogP contribution in [0.2, 0.25) is 5.02 Å². The van der Waals surface area contributed by atoms with Crippen LogP contribution < -0.4 is 0 Å². The summed E-state index contributed by atoms with van der Waals surface area (Å²) in [6.45, 7) is 15.7. The van der Waals surface area contributed by atoms with Gasteiger partial charge in [-0.15, -0.1) is 0 Å². The first-order valence-corrected chi connectivity index (χ1v) is 17.3. The third-order valence-electron chi connectivity index (χ3n) is 8.94. The number of nitrogens with zero attached hydrogens (tertiary/aromatic N) is 4. The quantitative estimate of drug-likeness (QED) is 0.231. The van der Waals surface area contributed by atoms with Gasteiger partial charge in [0.1, 0.15) is 11.2 Å². The van der Waals surface area contributed by atoms with E-state index in [0.717, 1.165) is 81.0 Å². The highest BCUT2D eigenvalue weighted by atomic mass is 35.5. The van der Waals surface area contributed by atoms with Crippen molar-refractivity contribution in [1.82, 2.24) is 19.6 Å². The highest BCUT2D eigenvalue weighted by Crippen LogP contribution is 2.34. The van der Waals surface area contributed by atoms with Gasteiger partial charge in [0, 0.05) is 29.4 Å². The lowest BCUT2D eigenvalue weighted by molar-refractivity contribution is -0.156. The number of aromatic nitrogens is 2. The molecule has 2 aromatic carbocycles. The molecule has 2 saturated heterocycles. The van der Waals surface area contributed by atoms with E-state index in [0.29, 0.717) is 24.9 Å². The first-order valence-electron chi connectivity index (χ1n) is 16.9. The fraction of sp³-hybridized carbons (Fsp3) is 0.595. The van der Waals surface area contributed by atoms with E-state index in [2.05, 4.69) is 39.9 Å². The van der Waals surface area contributed by atoms with Crippen molar-refractivity contribution in [3.05, 3.63) is 64.3 Å². The van der Waals surface area contributed by atoms with E-state index in [1.54, 1.807) is 0 Å². The molecule has 0 atom stereocenters. The minimum absolute atomic E-state index is 0.162. The number of halogens is 1. The van der Waals surface area contributed by atoms with Crippen LogP contribution >= 0.6 is 11.6 Å². The highest BCUT2D eigenvalue weighted by molar-refractivity contribution is 6.30. The van der Waals surface area contributed by atoms with E-state index in [1.807, 2.05) is 58.6 Å². The lowest BCUT2D eigenvalue weighted by atomic mass is 9.89. The van der Waals surface area contributed by atoms with Gasteiger partial charge in [-0.3, -0.25) is 14.4 Å². The number of ether oxygens (including phenoxy) is 2. The molecule has 0 saturated carbocycles. The predicted octanol–water partition coefficient (Wildman–Crippen LogP) is 7.84. The zero-order valence-electron chi connectivity index (χ0n) is 28.5. The predicted molar refractivity (Wildman–Crippen MR) is 183 cm³/mol. The standard InChI is InChI=1S/C37H51ClN4O4/c1-36(2,3)45-33(43)25-40-19-17-29(18-20-40)34-31-14-11-27(23-32(31)42(39-34)24-28-9-12-30(38)13-10-28)8-7-26-15-21-41(22-16-26)35(44)46-37(4,5)6/h9-14,23,26,29H,7-8,15-22,24-25H2,1-6H3. The summed E-state index contributed by atoms with van der Waals surface area (Å²) in [5.41, 5.74) is 3.86. The van der Waals surface area contributed by atoms with Crippen molar-refractivity contribution >= 4 is 34.6 Å². The Balaban J connectivity index is 1.26. The summed E-state index contributed by atoms with van der Waals surface area (Å²) in [5, 5.41) is 7.18. The first-order chi connectivity index (χ1) is 21.7. The van der Waals surface area contributed by atoms with Crippen molar-refractivity contribution in [1.29, 1.82) is 0 Å². The van der Waals surface area contributed by atoms with Crippen molar-refractivity contribution < 1.29 is 19.1 Å². The van der Waals surface area contributed by atoms with Crippen molar-refractivity contribution in [2.45, 2.75) is 104 Å². The summed E-state index contributed by atoms with van der Waals surface area (Å²) in [6.07, 6.45) is 5.83. The van der Waals surface area contributed by atoms with Crippen molar-refractivity contribution in [2.75, 3.05) is 32.7 Å². The van der Waals surface area contributed by atoms with Gasteiger partial charge < -0.3 is 14.4 Å². The Morgan fingerprint density at radius 2 is 1.48 bits per heavy atom. The zero-order chi connectivity index (χ0) is 33.1. The van der Waals surface area contributed by atoms with E-state index >= 15 is 0 Å². The Bertz CT molecular complexity index is 1490. The Morgan fingerprint density at radius 3 is 2.11 bits per heavy atom. The third kappa shape index (κ3) is 9.47. The molecule has 5 rings (SSSR count). The number of piperidine rings is 2. The number of esters is 1. The number of hydrogen-bond acceptors (Lipinski definition) is 6. The maximum atomic E-state index is 12.5. The minimum Gasteiger partial charge on any atom is -0.459 e. The normalized spacial score (nSPS) is 17.4. The van der Waals surface area contributed by atoms with E-state index in [9.17, 15) is 9.59 Å². The van der Waals surface area contributed by atoms with Gasteiger partial charge >= 0.3 is 12.1 Å². The number of rotatable bonds is 8. The molecule has 0 N–H and O–H groups in total. The van der Waals surface area contributed by atoms with E-state index in [-0.39, 0.29) is 12.1 Å². The van der Waals surface area contributed by atoms with Crippen LogP contribution in [0.4, 0.5) is 4.79 Å². The van der Waals surface area contributed by atoms with Crippen LogP contribution in [0.5, 0.6) is 0 Å². The summed E-state index contributed by atoms with van der Waals surface area (Å²) < 4.78 is 13.3. The summed E-state index contributed by atoms with van der Waals surface area (Å²) in [5.74, 6) is 0.768. The fourth-order valence-electron chi connectivity index (χ4n) is 6.61. The molecule has 3 aromatic rings. The molecule has 0 unspecified atom stereocenters. The maximum absolute atomic E-state index is 12.5. The Kier molecular flexibility index (Phi) is 10.7. The monoisotopic (exact) mass is 650 g/mol. The molecule has 0 radical (unpaired) electrons. The molecule has 2 aliphatic rings. The van der Waals surface area contributed by atoms with Crippen molar-refractivity contribution in [3.63, 3.8) is 0 Å². The van der Waals surface area contributed by atoms with Crippen LogP contribution in [0.15, 0.2) is 42.5 Å². The van der Waals surface area contributed by atoms with Gasteiger partial charge in [0.25, 0.3) is 0 Å². The fourth-order valence-corrected chi connectivity index (χ4v) is 6.73. The number of fused-ring (bicyclic) bond motifs is 1. The van der Waals surface area contributed by atoms with Crippen LogP contribution in [0.3, 0.4) is 0 Å². The second-order valence-electron chi connectivity index (χ2n) is 15.1. The van der Waals surface area contributed by atoms with E-state index in [1.165, 1.54) is 16.5 Å². The van der Waals surface area contributed by atoms with Crippen molar-refractivity contribution in [2.24, 2.45) is 5.92 Å². The topological polar surface area (TPSA) is 76.9 Å². The first kappa shape index (κ1) is 34.2. The molecule has 46 heavy (non-hydrogen) atoms. The van der Waals surface area contributed by atoms with E-state index in [4.69, 9.17) is 26.2 Å². The second-order valence-corrected chi connectivity index (χ2v) is 15.5. The number of hydrogen-bond donors (Lipinski definition) is 0. The number of amides is 1. The second kappa shape index (κ2) is 14.3. The lowest BCUT2D eigenvalue weighted by Crippen LogP contribution is -2.41. The summed E-state index contributed by atoms with van der Waals surface area (Å²) in [7, 11) is 0. The molecule has 3 heterocycles. The Hall–Kier alpha value is -3.10. The molecule has 250 valence electrons. The van der Waals surface area contributed by atoms with Gasteiger partial charge in [-0.1, -0.05) is 35.9 Å². The average Bonchev–Trinajstić information content (AvgIpc) is 3.33. The van der Waals surface area contributed by atoms with Crippen LogP contribution in [0, 0.1) is 5.92 Å². The van der Waals surface area contributed by atoms with Crippen LogP contribution in [0.25, 0.3) is 10.9 Å². The average molecular weight is 651 g/mol. The van der Waals surface area contributed by atoms with Gasteiger partial charge in [-0.25, -0.2) is 4.79 Å². The lowest BCUT2D eigenvalue weighted by Gasteiger charge is -2.33. The van der Waals surface area contributed by atoms with Gasteiger partial charge in [-0.05, 0) is 128 Å². The zero-order valence-corrected chi connectivity index (χ0v) is 29.2. The summed E-state index contributed by atoms with van der Waals surface area (Å²) in [4.78, 5) is 29.0. The van der Waals surface area contributed by atoms with Crippen molar-refractivity contribution in [3.8, 4) is 0 Å². The third-order valence-corrected chi connectivity index (χ3v) is 9.20. The molecule has 0 spiro atoms. The minimum atomic E-state index is -0.469. The number of likely N-dealkylation sites (tertiary alicyclic amines) is 2. The van der Waals surface area contributed by atoms with Gasteiger partial charge in [0.2, 0.25) is 0 Å². The van der Waals surface area contributed by atoms with Crippen LogP contribution in [-0.4, -0.2) is 75.6 Å². The molecule has 0 bridgehead atoms. The van der Waals surface area contributed by atoms with Gasteiger partial charge in [0.15, 0.2) is 0 Å². The molecule has 1 aromatic heterocycles. The molecule has 2 aliphatic heterocycles. The van der Waals surface area contributed by atoms with Gasteiger partial charge in [-0.2, -0.15) is 5.10 Å². The molecule has 0 aliphatic carbocycles. The van der Waals surface area contributed by atoms with E-state index < -0.39 is 11.2 Å². The van der Waals surface area contributed by atoms with Gasteiger partial charge in [0.05, 0.1) is 24.3 Å². The highest BCUT2D eigenvalue weighted by Gasteiger charge is 2.29. The molecule has 9 heteroatoms. The summed E-state index contributed by atoms with van der Waals surface area (Å²) in [6, 6.07) is 14.9. The summed E-state index contributed by atoms with van der Waals surface area (Å²) >= 11 is 6.18. The molecular weight excluding hydrogens is 600 g/mol. The van der Waals surface area contributed by atoms with Crippen LogP contribution in [0.1, 0.15) is 96.4 Å². The number of benzene rings is 2.